The van der Waals surface area contributed by atoms with Crippen LogP contribution in [0.2, 0.25) is 0 Å². The maximum absolute atomic E-state index is 12.0. The van der Waals surface area contributed by atoms with E-state index in [4.69, 9.17) is 0 Å². The maximum atomic E-state index is 12.0. The van der Waals surface area contributed by atoms with E-state index in [0.29, 0.717) is 0 Å². The van der Waals surface area contributed by atoms with Crippen LogP contribution in [-0.2, 0) is 6.42 Å². The molecule has 0 bridgehead atoms. The molecule has 28 heavy (non-hydrogen) atoms. The van der Waals surface area contributed by atoms with Gasteiger partial charge in [0.1, 0.15) is 0 Å². The Morgan fingerprint density at radius 3 is 1.46 bits per heavy atom. The Labute approximate surface area is 173 Å². The number of hydrogen-bond donors (Lipinski definition) is 0. The van der Waals surface area contributed by atoms with E-state index in [2.05, 4.69) is 38.1 Å². The lowest BCUT2D eigenvalue weighted by atomic mass is 10.0. The van der Waals surface area contributed by atoms with Gasteiger partial charge in [0.25, 0.3) is 0 Å². The zero-order valence-electron chi connectivity index (χ0n) is 16.6. The number of aryl methyl sites for hydroxylation is 3. The Morgan fingerprint density at radius 2 is 1.04 bits per heavy atom. The second kappa shape index (κ2) is 15.4. The summed E-state index contributed by atoms with van der Waals surface area (Å²) < 4.78 is 0. The van der Waals surface area contributed by atoms with Gasteiger partial charge in [-0.2, -0.15) is 0 Å². The molecule has 0 unspecified atom stereocenters. The van der Waals surface area contributed by atoms with E-state index in [1.54, 1.807) is 0 Å². The summed E-state index contributed by atoms with van der Waals surface area (Å²) in [6.45, 7) is 10.3. The average Bonchev–Trinajstić information content (AvgIpc) is 2.71. The second-order valence-electron chi connectivity index (χ2n) is 5.90. The lowest BCUT2D eigenvalue weighted by Crippen LogP contribution is -2.00. The lowest BCUT2D eigenvalue weighted by molar-refractivity contribution is 0.103. The van der Waals surface area contributed by atoms with Crippen LogP contribution in [0.4, 0.5) is 0 Å². The molecule has 0 fully saturated rings. The first-order valence-electron chi connectivity index (χ1n) is 9.32. The fraction of sp³-hybridized carbons (Fsp3) is 0.296. The maximum Gasteiger partial charge on any atom is 0.193 e. The molecule has 3 aromatic rings. The van der Waals surface area contributed by atoms with Crippen LogP contribution in [0.5, 0.6) is 0 Å². The second-order valence-corrected chi connectivity index (χ2v) is 5.90. The first kappa shape index (κ1) is 27.5. The number of carbonyl (C=O) groups is 1. The van der Waals surface area contributed by atoms with E-state index in [9.17, 15) is 4.79 Å². The average molecular weight is 379 g/mol. The van der Waals surface area contributed by atoms with Crippen molar-refractivity contribution in [3.63, 3.8) is 0 Å². The summed E-state index contributed by atoms with van der Waals surface area (Å²) in [5.74, 6) is 0.0793. The van der Waals surface area contributed by atoms with Crippen molar-refractivity contribution < 1.29 is 4.79 Å². The molecule has 0 heterocycles. The Balaban J connectivity index is 0. The first-order chi connectivity index (χ1) is 12.6. The number of carbonyl (C=O) groups excluding carboxylic acids is 1. The SMILES string of the molecule is C.C.CC.CCc1ccc(C)cc1.Cc1ccc(C(=O)c2ccccc2)cc1. The number of ketones is 1. The zero-order valence-corrected chi connectivity index (χ0v) is 16.6. The van der Waals surface area contributed by atoms with Crippen molar-refractivity contribution in [1.29, 1.82) is 0 Å². The largest absolute Gasteiger partial charge is 0.289 e. The molecule has 152 valence electrons. The van der Waals surface area contributed by atoms with Gasteiger partial charge in [0.2, 0.25) is 0 Å². The highest BCUT2D eigenvalue weighted by Gasteiger charge is 2.06. The van der Waals surface area contributed by atoms with E-state index in [1.165, 1.54) is 16.7 Å². The molecule has 3 rings (SSSR count). The van der Waals surface area contributed by atoms with E-state index < -0.39 is 0 Å². The van der Waals surface area contributed by atoms with Gasteiger partial charge in [0, 0.05) is 11.1 Å². The molecule has 0 aromatic heterocycles. The summed E-state index contributed by atoms with van der Waals surface area (Å²) in [5.41, 5.74) is 5.40. The van der Waals surface area contributed by atoms with E-state index >= 15 is 0 Å². The molecular formula is C27H38O. The molecule has 0 saturated carbocycles. The van der Waals surface area contributed by atoms with Gasteiger partial charge in [-0.05, 0) is 25.8 Å². The number of benzene rings is 3. The van der Waals surface area contributed by atoms with Crippen LogP contribution in [0.25, 0.3) is 0 Å². The molecule has 0 amide bonds. The predicted molar refractivity (Wildman–Crippen MR) is 126 cm³/mol. The normalized spacial score (nSPS) is 8.61. The van der Waals surface area contributed by atoms with Gasteiger partial charge in [-0.15, -0.1) is 0 Å². The van der Waals surface area contributed by atoms with Gasteiger partial charge < -0.3 is 0 Å². The van der Waals surface area contributed by atoms with Crippen LogP contribution in [0.15, 0.2) is 78.9 Å². The molecular weight excluding hydrogens is 340 g/mol. The van der Waals surface area contributed by atoms with Crippen molar-refractivity contribution in [2.75, 3.05) is 0 Å². The Hall–Kier alpha value is -2.67. The van der Waals surface area contributed by atoms with Crippen molar-refractivity contribution >= 4 is 5.78 Å². The topological polar surface area (TPSA) is 17.1 Å². The molecule has 0 aliphatic heterocycles. The van der Waals surface area contributed by atoms with Gasteiger partial charge in [0.15, 0.2) is 5.78 Å². The summed E-state index contributed by atoms with van der Waals surface area (Å²) in [4.78, 5) is 12.0. The third-order valence-corrected chi connectivity index (χ3v) is 3.88. The smallest absolute Gasteiger partial charge is 0.193 e. The predicted octanol–water partition coefficient (Wildman–Crippen LogP) is 8.08. The van der Waals surface area contributed by atoms with Crippen LogP contribution in [-0.4, -0.2) is 5.78 Å². The highest BCUT2D eigenvalue weighted by atomic mass is 16.1. The minimum atomic E-state index is 0. The Bertz CT molecular complexity index is 754. The Kier molecular flexibility index (Phi) is 15.1. The summed E-state index contributed by atoms with van der Waals surface area (Å²) in [6, 6.07) is 25.6. The van der Waals surface area contributed by atoms with E-state index in [-0.39, 0.29) is 20.6 Å². The first-order valence-corrected chi connectivity index (χ1v) is 9.32. The molecule has 0 saturated heterocycles. The fourth-order valence-corrected chi connectivity index (χ4v) is 2.28. The molecule has 1 heteroatoms. The molecule has 0 atom stereocenters. The molecule has 0 N–H and O–H groups in total. The van der Waals surface area contributed by atoms with Crippen molar-refractivity contribution in [1.82, 2.24) is 0 Å². The third-order valence-electron chi connectivity index (χ3n) is 3.88. The van der Waals surface area contributed by atoms with Crippen LogP contribution in [0, 0.1) is 13.8 Å². The van der Waals surface area contributed by atoms with Crippen molar-refractivity contribution in [3.05, 3.63) is 107 Å². The van der Waals surface area contributed by atoms with E-state index in [0.717, 1.165) is 17.5 Å². The Morgan fingerprint density at radius 1 is 0.643 bits per heavy atom. The minimum Gasteiger partial charge on any atom is -0.289 e. The third kappa shape index (κ3) is 9.32. The molecule has 0 spiro atoms. The molecule has 0 aliphatic carbocycles. The summed E-state index contributed by atoms with van der Waals surface area (Å²) in [5, 5.41) is 0. The number of rotatable bonds is 3. The quantitative estimate of drug-likeness (QED) is 0.421. The monoisotopic (exact) mass is 378 g/mol. The lowest BCUT2D eigenvalue weighted by Gasteiger charge is -2.00. The van der Waals surface area contributed by atoms with Gasteiger partial charge in [-0.3, -0.25) is 4.79 Å². The van der Waals surface area contributed by atoms with Crippen LogP contribution in [0.3, 0.4) is 0 Å². The fourth-order valence-electron chi connectivity index (χ4n) is 2.28. The summed E-state index contributed by atoms with van der Waals surface area (Å²) in [7, 11) is 0. The summed E-state index contributed by atoms with van der Waals surface area (Å²) >= 11 is 0. The van der Waals surface area contributed by atoms with Crippen LogP contribution < -0.4 is 0 Å². The molecule has 3 aromatic carbocycles. The van der Waals surface area contributed by atoms with Crippen LogP contribution >= 0.6 is 0 Å². The van der Waals surface area contributed by atoms with Gasteiger partial charge >= 0.3 is 0 Å². The highest BCUT2D eigenvalue weighted by Crippen LogP contribution is 2.10. The zero-order chi connectivity index (χ0) is 19.4. The minimum absolute atomic E-state index is 0. The standard InChI is InChI=1S/C14H12O.C9H12.C2H6.2CH4/c1-11-7-9-13(10-8-11)14(15)12-5-3-2-4-6-12;1-3-9-6-4-8(2)5-7-9;1-2;;/h2-10H,1H3;4-7H,3H2,1-2H3;1-2H3;2*1H4. The number of hydrogen-bond acceptors (Lipinski definition) is 1. The molecule has 0 radical (unpaired) electrons. The molecule has 1 nitrogen and oxygen atoms in total. The van der Waals surface area contributed by atoms with E-state index in [1.807, 2.05) is 75.4 Å². The van der Waals surface area contributed by atoms with Crippen LogP contribution in [0.1, 0.15) is 68.2 Å². The molecule has 0 aliphatic rings. The van der Waals surface area contributed by atoms with Crippen molar-refractivity contribution in [2.45, 2.75) is 55.9 Å². The van der Waals surface area contributed by atoms with Crippen molar-refractivity contribution in [2.24, 2.45) is 0 Å². The van der Waals surface area contributed by atoms with Gasteiger partial charge in [-0.25, -0.2) is 0 Å². The van der Waals surface area contributed by atoms with Gasteiger partial charge in [0.05, 0.1) is 0 Å². The highest BCUT2D eigenvalue weighted by molar-refractivity contribution is 6.08. The summed E-state index contributed by atoms with van der Waals surface area (Å²) in [6.07, 6.45) is 1.14. The van der Waals surface area contributed by atoms with Crippen molar-refractivity contribution in [3.8, 4) is 0 Å². The van der Waals surface area contributed by atoms with Gasteiger partial charge in [-0.1, -0.05) is 126 Å².